The van der Waals surface area contributed by atoms with Gasteiger partial charge >= 0.3 is 0 Å². The number of anilines is 1. The first-order valence-electron chi connectivity index (χ1n) is 11.3. The van der Waals surface area contributed by atoms with Gasteiger partial charge in [-0.2, -0.15) is 5.10 Å². The molecule has 0 bridgehead atoms. The van der Waals surface area contributed by atoms with Gasteiger partial charge in [0.15, 0.2) is 5.65 Å². The third-order valence-electron chi connectivity index (χ3n) is 6.33. The van der Waals surface area contributed by atoms with Crippen molar-refractivity contribution in [3.8, 4) is 0 Å². The number of sulfonamides is 1. The first kappa shape index (κ1) is 23.0. The van der Waals surface area contributed by atoms with Crippen molar-refractivity contribution >= 4 is 38.9 Å². The van der Waals surface area contributed by atoms with Crippen LogP contribution in [0.5, 0.6) is 0 Å². The van der Waals surface area contributed by atoms with Crippen molar-refractivity contribution in [2.75, 3.05) is 17.5 Å². The molecule has 3 aromatic rings. The summed E-state index contributed by atoms with van der Waals surface area (Å²) in [6.45, 7) is 2.45. The molecule has 2 aromatic heterocycles. The topological polar surface area (TPSA) is 96.7 Å². The van der Waals surface area contributed by atoms with E-state index in [1.807, 2.05) is 13.0 Å². The predicted molar refractivity (Wildman–Crippen MR) is 127 cm³/mol. The molecule has 1 amide bonds. The lowest BCUT2D eigenvalue weighted by Gasteiger charge is -2.35. The Bertz CT molecular complexity index is 1400. The molecule has 0 spiro atoms. The largest absolute Gasteiger partial charge is 0.330 e. The van der Waals surface area contributed by atoms with Gasteiger partial charge < -0.3 is 4.90 Å². The van der Waals surface area contributed by atoms with E-state index >= 15 is 0 Å². The maximum absolute atomic E-state index is 14.1. The number of aryl methyl sites for hydroxylation is 1. The first-order chi connectivity index (χ1) is 16.1. The number of amides is 1. The van der Waals surface area contributed by atoms with Crippen molar-refractivity contribution in [3.05, 3.63) is 57.8 Å². The number of nitrogens with zero attached hydrogens (tertiary/aromatic N) is 4. The molecule has 1 atom stereocenters. The molecular weight excluding hydrogens is 481 g/mol. The Labute approximate surface area is 202 Å². The van der Waals surface area contributed by atoms with E-state index in [9.17, 15) is 17.6 Å². The normalized spacial score (nSPS) is 18.9. The molecule has 3 heterocycles. The Balaban J connectivity index is 1.53. The molecule has 2 aliphatic rings. The summed E-state index contributed by atoms with van der Waals surface area (Å²) < 4.78 is 41.8. The summed E-state index contributed by atoms with van der Waals surface area (Å²) in [5.74, 6) is -0.732. The molecule has 5 rings (SSSR count). The van der Waals surface area contributed by atoms with Crippen molar-refractivity contribution in [2.45, 2.75) is 51.0 Å². The van der Waals surface area contributed by atoms with E-state index in [2.05, 4.69) is 10.8 Å². The van der Waals surface area contributed by atoms with E-state index < -0.39 is 21.7 Å². The number of likely N-dealkylation sites (tertiary alicyclic amines) is 1. The fourth-order valence-corrected chi connectivity index (χ4v) is 5.30. The summed E-state index contributed by atoms with van der Waals surface area (Å²) in [6.07, 6.45) is 5.66. The molecule has 1 saturated heterocycles. The number of hydrogen-bond donors (Lipinski definition) is 1. The average molecular weight is 506 g/mol. The summed E-state index contributed by atoms with van der Waals surface area (Å²) in [5, 5.41) is 4.51. The highest BCUT2D eigenvalue weighted by atomic mass is 35.5. The molecule has 1 aromatic carbocycles. The van der Waals surface area contributed by atoms with Crippen LogP contribution in [0.1, 0.15) is 71.5 Å². The maximum Gasteiger partial charge on any atom is 0.256 e. The zero-order valence-corrected chi connectivity index (χ0v) is 20.5. The second-order valence-corrected chi connectivity index (χ2v) is 11.3. The summed E-state index contributed by atoms with van der Waals surface area (Å²) in [7, 11) is -3.74. The maximum atomic E-state index is 14.1. The SMILES string of the molecule is Cc1cc(C2CC2)nc2cc([C@H]3CCCCN3C(=O)c3cc(Cl)c(F)cc3NS(C)(=O)=O)nn12. The number of carbonyl (C=O) groups is 1. The Morgan fingerprint density at radius 3 is 2.62 bits per heavy atom. The number of piperidine rings is 1. The van der Waals surface area contributed by atoms with Crippen LogP contribution in [-0.2, 0) is 10.0 Å². The fraction of sp³-hybridized carbons (Fsp3) is 0.435. The van der Waals surface area contributed by atoms with E-state index in [0.717, 1.165) is 60.7 Å². The van der Waals surface area contributed by atoms with Crippen molar-refractivity contribution in [3.63, 3.8) is 0 Å². The van der Waals surface area contributed by atoms with Gasteiger partial charge in [-0.05, 0) is 51.2 Å². The van der Waals surface area contributed by atoms with E-state index in [-0.39, 0.29) is 22.3 Å². The molecule has 1 N–H and O–H groups in total. The standard InChI is InChI=1S/C23H25ClFN5O3S/c1-13-9-18(14-6-7-14)26-22-12-20(27-30(13)22)21-5-3-4-8-29(21)23(31)15-10-16(24)17(25)11-19(15)28-34(2,32)33/h9-12,14,21,28H,3-8H2,1-2H3/t21-/m1/s1. The molecule has 1 saturated carbocycles. The van der Waals surface area contributed by atoms with Crippen LogP contribution in [0.3, 0.4) is 0 Å². The lowest BCUT2D eigenvalue weighted by molar-refractivity contribution is 0.0607. The highest BCUT2D eigenvalue weighted by Crippen LogP contribution is 2.40. The van der Waals surface area contributed by atoms with Crippen molar-refractivity contribution in [1.82, 2.24) is 19.5 Å². The quantitative estimate of drug-likeness (QED) is 0.552. The molecule has 0 unspecified atom stereocenters. The average Bonchev–Trinajstić information content (AvgIpc) is 3.53. The summed E-state index contributed by atoms with van der Waals surface area (Å²) in [5.41, 5.74) is 3.39. The first-order valence-corrected chi connectivity index (χ1v) is 13.5. The Morgan fingerprint density at radius 2 is 1.91 bits per heavy atom. The van der Waals surface area contributed by atoms with Gasteiger partial charge in [-0.15, -0.1) is 0 Å². The van der Waals surface area contributed by atoms with Crippen molar-refractivity contribution in [2.24, 2.45) is 0 Å². The van der Waals surface area contributed by atoms with Crippen LogP contribution in [-0.4, -0.2) is 46.6 Å². The molecule has 11 heteroatoms. The zero-order chi connectivity index (χ0) is 24.2. The molecule has 1 aliphatic heterocycles. The van der Waals surface area contributed by atoms with Crippen LogP contribution in [0.2, 0.25) is 5.02 Å². The van der Waals surface area contributed by atoms with Gasteiger partial charge in [0, 0.05) is 36.0 Å². The minimum Gasteiger partial charge on any atom is -0.330 e. The van der Waals surface area contributed by atoms with E-state index in [4.69, 9.17) is 21.7 Å². The lowest BCUT2D eigenvalue weighted by Crippen LogP contribution is -2.39. The third-order valence-corrected chi connectivity index (χ3v) is 7.21. The second-order valence-electron chi connectivity index (χ2n) is 9.13. The number of aromatic nitrogens is 3. The molecule has 0 radical (unpaired) electrons. The van der Waals surface area contributed by atoms with E-state index in [1.54, 1.807) is 9.42 Å². The number of halogens is 2. The third kappa shape index (κ3) is 4.48. The van der Waals surface area contributed by atoms with Crippen LogP contribution >= 0.6 is 11.6 Å². The van der Waals surface area contributed by atoms with Crippen LogP contribution in [0.4, 0.5) is 10.1 Å². The van der Waals surface area contributed by atoms with Crippen molar-refractivity contribution in [1.29, 1.82) is 0 Å². The van der Waals surface area contributed by atoms with Crippen LogP contribution < -0.4 is 4.72 Å². The number of hydrogen-bond acceptors (Lipinski definition) is 5. The predicted octanol–water partition coefficient (Wildman–Crippen LogP) is 4.45. The lowest BCUT2D eigenvalue weighted by atomic mass is 9.98. The highest BCUT2D eigenvalue weighted by molar-refractivity contribution is 7.92. The van der Waals surface area contributed by atoms with E-state index in [1.165, 1.54) is 6.07 Å². The van der Waals surface area contributed by atoms with Crippen LogP contribution in [0.15, 0.2) is 24.3 Å². The second kappa shape index (κ2) is 8.49. The summed E-state index contributed by atoms with van der Waals surface area (Å²) >= 11 is 5.96. The monoisotopic (exact) mass is 505 g/mol. The number of rotatable bonds is 5. The zero-order valence-electron chi connectivity index (χ0n) is 18.9. The molecule has 2 fully saturated rings. The van der Waals surface area contributed by atoms with Gasteiger partial charge in [0.1, 0.15) is 5.82 Å². The molecule has 180 valence electrons. The van der Waals surface area contributed by atoms with Gasteiger partial charge in [-0.3, -0.25) is 9.52 Å². The summed E-state index contributed by atoms with van der Waals surface area (Å²) in [4.78, 5) is 20.1. The van der Waals surface area contributed by atoms with Gasteiger partial charge in [-0.1, -0.05) is 11.6 Å². The summed E-state index contributed by atoms with van der Waals surface area (Å²) in [6, 6.07) is 5.78. The van der Waals surface area contributed by atoms with Gasteiger partial charge in [0.25, 0.3) is 5.91 Å². The Hall–Kier alpha value is -2.72. The van der Waals surface area contributed by atoms with Gasteiger partial charge in [0.2, 0.25) is 10.0 Å². The molecule has 1 aliphatic carbocycles. The fourth-order valence-electron chi connectivity index (χ4n) is 4.56. The minimum absolute atomic E-state index is 0.00202. The van der Waals surface area contributed by atoms with Gasteiger partial charge in [-0.25, -0.2) is 22.3 Å². The van der Waals surface area contributed by atoms with Crippen LogP contribution in [0, 0.1) is 12.7 Å². The van der Waals surface area contributed by atoms with E-state index in [0.29, 0.717) is 18.9 Å². The Morgan fingerprint density at radius 1 is 1.15 bits per heavy atom. The highest BCUT2D eigenvalue weighted by Gasteiger charge is 2.33. The minimum atomic E-state index is -3.74. The smallest absolute Gasteiger partial charge is 0.256 e. The molecule has 34 heavy (non-hydrogen) atoms. The van der Waals surface area contributed by atoms with Crippen molar-refractivity contribution < 1.29 is 17.6 Å². The number of benzene rings is 1. The molecular formula is C23H25ClFN5O3S. The van der Waals surface area contributed by atoms with Gasteiger partial charge in [0.05, 0.1) is 34.3 Å². The molecule has 8 nitrogen and oxygen atoms in total. The van der Waals surface area contributed by atoms with Crippen LogP contribution in [0.25, 0.3) is 5.65 Å². The number of nitrogens with one attached hydrogen (secondary N) is 1. The number of carbonyl (C=O) groups excluding carboxylic acids is 1. The Kier molecular flexibility index (Phi) is 5.76. The number of fused-ring (bicyclic) bond motifs is 1.